The van der Waals surface area contributed by atoms with E-state index in [1.54, 1.807) is 31.4 Å². The van der Waals surface area contributed by atoms with Crippen LogP contribution in [0.25, 0.3) is 10.9 Å². The van der Waals surface area contributed by atoms with Crippen molar-refractivity contribution in [2.24, 2.45) is 0 Å². The van der Waals surface area contributed by atoms with Crippen molar-refractivity contribution in [3.8, 4) is 0 Å². The standard InChI is InChI=1S/C16H18N2O4/c1-18(13-8-22-9-14(19)15(13)20)16(21)11-4-5-12-10(7-11)3-2-6-17-12/h2-7,13-15,19-20H,8-9H2,1H3/t13-,14-,15+/m1/s1. The molecule has 0 saturated carbocycles. The van der Waals surface area contributed by atoms with Gasteiger partial charge in [-0.15, -0.1) is 0 Å². The predicted octanol–water partition coefficient (Wildman–Crippen LogP) is 0.427. The Balaban J connectivity index is 1.85. The van der Waals surface area contributed by atoms with Gasteiger partial charge in [0.05, 0.1) is 24.8 Å². The van der Waals surface area contributed by atoms with Crippen LogP contribution in [0.4, 0.5) is 0 Å². The number of carbonyl (C=O) groups is 1. The number of hydrogen-bond acceptors (Lipinski definition) is 5. The molecule has 1 aromatic carbocycles. The lowest BCUT2D eigenvalue weighted by atomic mass is 10.0. The number of aromatic nitrogens is 1. The van der Waals surface area contributed by atoms with Gasteiger partial charge in [0, 0.05) is 24.2 Å². The average molecular weight is 302 g/mol. The summed E-state index contributed by atoms with van der Waals surface area (Å²) in [6, 6.07) is 8.41. The first-order valence-electron chi connectivity index (χ1n) is 7.14. The van der Waals surface area contributed by atoms with Crippen LogP contribution in [0, 0.1) is 0 Å². The number of aliphatic hydroxyl groups is 2. The van der Waals surface area contributed by atoms with Crippen LogP contribution in [0.15, 0.2) is 36.5 Å². The second-order valence-electron chi connectivity index (χ2n) is 5.49. The lowest BCUT2D eigenvalue weighted by molar-refractivity contribution is -0.122. The maximum absolute atomic E-state index is 12.6. The summed E-state index contributed by atoms with van der Waals surface area (Å²) in [5.41, 5.74) is 1.33. The first-order chi connectivity index (χ1) is 10.6. The Morgan fingerprint density at radius 3 is 2.95 bits per heavy atom. The van der Waals surface area contributed by atoms with Crippen LogP contribution in [-0.2, 0) is 4.74 Å². The van der Waals surface area contributed by atoms with E-state index >= 15 is 0 Å². The summed E-state index contributed by atoms with van der Waals surface area (Å²) < 4.78 is 5.23. The van der Waals surface area contributed by atoms with E-state index < -0.39 is 18.2 Å². The molecule has 2 aromatic rings. The van der Waals surface area contributed by atoms with Crippen molar-refractivity contribution < 1.29 is 19.7 Å². The molecular weight excluding hydrogens is 284 g/mol. The largest absolute Gasteiger partial charge is 0.388 e. The lowest BCUT2D eigenvalue weighted by Crippen LogP contribution is -2.56. The molecule has 0 bridgehead atoms. The third-order valence-electron chi connectivity index (χ3n) is 4.03. The van der Waals surface area contributed by atoms with Crippen LogP contribution in [-0.4, -0.2) is 64.5 Å². The molecule has 1 aliphatic heterocycles. The van der Waals surface area contributed by atoms with E-state index in [-0.39, 0.29) is 19.1 Å². The van der Waals surface area contributed by atoms with Gasteiger partial charge in [0.15, 0.2) is 0 Å². The van der Waals surface area contributed by atoms with Crippen molar-refractivity contribution in [1.29, 1.82) is 0 Å². The average Bonchev–Trinajstić information content (AvgIpc) is 2.55. The molecule has 1 amide bonds. The van der Waals surface area contributed by atoms with Crippen molar-refractivity contribution in [2.75, 3.05) is 20.3 Å². The Hall–Kier alpha value is -2.02. The summed E-state index contributed by atoms with van der Waals surface area (Å²) in [4.78, 5) is 18.2. The highest BCUT2D eigenvalue weighted by molar-refractivity contribution is 5.98. The van der Waals surface area contributed by atoms with Crippen molar-refractivity contribution in [3.05, 3.63) is 42.1 Å². The van der Waals surface area contributed by atoms with Crippen molar-refractivity contribution in [2.45, 2.75) is 18.2 Å². The van der Waals surface area contributed by atoms with Crippen LogP contribution in [0.3, 0.4) is 0 Å². The minimum absolute atomic E-state index is 0.0847. The van der Waals surface area contributed by atoms with E-state index in [1.165, 1.54) is 4.90 Å². The predicted molar refractivity (Wildman–Crippen MR) is 80.5 cm³/mol. The molecule has 3 atom stereocenters. The fraction of sp³-hybridized carbons (Fsp3) is 0.375. The lowest BCUT2D eigenvalue weighted by Gasteiger charge is -2.37. The second-order valence-corrected chi connectivity index (χ2v) is 5.49. The zero-order chi connectivity index (χ0) is 15.7. The maximum atomic E-state index is 12.6. The summed E-state index contributed by atoms with van der Waals surface area (Å²) in [6.07, 6.45) is -0.285. The van der Waals surface area contributed by atoms with Gasteiger partial charge in [0.1, 0.15) is 12.2 Å². The number of nitrogens with zero attached hydrogens (tertiary/aromatic N) is 2. The zero-order valence-corrected chi connectivity index (χ0v) is 12.2. The number of pyridine rings is 1. The van der Waals surface area contributed by atoms with Gasteiger partial charge in [-0.2, -0.15) is 0 Å². The van der Waals surface area contributed by atoms with E-state index in [1.807, 2.05) is 12.1 Å². The summed E-state index contributed by atoms with van der Waals surface area (Å²) in [6.45, 7) is 0.289. The Morgan fingerprint density at radius 2 is 2.14 bits per heavy atom. The maximum Gasteiger partial charge on any atom is 0.254 e. The minimum atomic E-state index is -1.01. The van der Waals surface area contributed by atoms with Crippen molar-refractivity contribution in [1.82, 2.24) is 9.88 Å². The number of rotatable bonds is 2. The smallest absolute Gasteiger partial charge is 0.254 e. The normalized spacial score (nSPS) is 25.1. The number of amides is 1. The fourth-order valence-corrected chi connectivity index (χ4v) is 2.67. The number of carbonyl (C=O) groups excluding carboxylic acids is 1. The van der Waals surface area contributed by atoms with Gasteiger partial charge in [-0.1, -0.05) is 6.07 Å². The van der Waals surface area contributed by atoms with E-state index in [0.29, 0.717) is 5.56 Å². The van der Waals surface area contributed by atoms with Gasteiger partial charge in [0.2, 0.25) is 0 Å². The summed E-state index contributed by atoms with van der Waals surface area (Å²) in [5, 5.41) is 20.6. The van der Waals surface area contributed by atoms with Gasteiger partial charge >= 0.3 is 0 Å². The van der Waals surface area contributed by atoms with Crippen molar-refractivity contribution in [3.63, 3.8) is 0 Å². The Bertz CT molecular complexity index is 691. The monoisotopic (exact) mass is 302 g/mol. The van der Waals surface area contributed by atoms with Gasteiger partial charge in [-0.05, 0) is 24.3 Å². The molecule has 1 fully saturated rings. The molecule has 22 heavy (non-hydrogen) atoms. The topological polar surface area (TPSA) is 82.9 Å². The molecule has 3 rings (SSSR count). The van der Waals surface area contributed by atoms with Gasteiger partial charge < -0.3 is 19.8 Å². The number of benzene rings is 1. The van der Waals surface area contributed by atoms with E-state index in [0.717, 1.165) is 10.9 Å². The molecular formula is C16H18N2O4. The van der Waals surface area contributed by atoms with Gasteiger partial charge in [-0.25, -0.2) is 0 Å². The molecule has 1 aliphatic rings. The Kier molecular flexibility index (Phi) is 4.06. The first kappa shape index (κ1) is 14.9. The van der Waals surface area contributed by atoms with Gasteiger partial charge in [0.25, 0.3) is 5.91 Å². The molecule has 116 valence electrons. The third-order valence-corrected chi connectivity index (χ3v) is 4.03. The highest BCUT2D eigenvalue weighted by atomic mass is 16.5. The molecule has 2 heterocycles. The number of hydrogen-bond donors (Lipinski definition) is 2. The van der Waals surface area contributed by atoms with Crippen LogP contribution < -0.4 is 0 Å². The number of aliphatic hydroxyl groups excluding tert-OH is 2. The van der Waals surface area contributed by atoms with Crippen LogP contribution >= 0.6 is 0 Å². The Labute approximate surface area is 128 Å². The molecule has 1 aromatic heterocycles. The molecule has 2 N–H and O–H groups in total. The summed E-state index contributed by atoms with van der Waals surface area (Å²) in [5.74, 6) is -0.229. The van der Waals surface area contributed by atoms with E-state index in [4.69, 9.17) is 4.74 Å². The first-order valence-corrected chi connectivity index (χ1v) is 7.14. The van der Waals surface area contributed by atoms with E-state index in [9.17, 15) is 15.0 Å². The number of fused-ring (bicyclic) bond motifs is 1. The minimum Gasteiger partial charge on any atom is -0.388 e. The van der Waals surface area contributed by atoms with Crippen LogP contribution in [0.1, 0.15) is 10.4 Å². The number of likely N-dealkylation sites (N-methyl/N-ethyl adjacent to an activating group) is 1. The molecule has 6 nitrogen and oxygen atoms in total. The molecule has 0 unspecified atom stereocenters. The summed E-state index contributed by atoms with van der Waals surface area (Å²) >= 11 is 0. The molecule has 0 aliphatic carbocycles. The molecule has 1 saturated heterocycles. The SMILES string of the molecule is CN(C(=O)c1ccc2ncccc2c1)[C@@H]1COC[C@@H](O)[C@H]1O. The number of ether oxygens (including phenoxy) is 1. The van der Waals surface area contributed by atoms with Crippen LogP contribution in [0.2, 0.25) is 0 Å². The van der Waals surface area contributed by atoms with E-state index in [2.05, 4.69) is 4.98 Å². The zero-order valence-electron chi connectivity index (χ0n) is 12.2. The quantitative estimate of drug-likeness (QED) is 0.840. The van der Waals surface area contributed by atoms with Crippen LogP contribution in [0.5, 0.6) is 0 Å². The molecule has 6 heteroatoms. The second kappa shape index (κ2) is 6.00. The van der Waals surface area contributed by atoms with Gasteiger partial charge in [-0.3, -0.25) is 9.78 Å². The Morgan fingerprint density at radius 1 is 1.32 bits per heavy atom. The highest BCUT2D eigenvalue weighted by Gasteiger charge is 2.36. The van der Waals surface area contributed by atoms with Crippen molar-refractivity contribution >= 4 is 16.8 Å². The molecule has 0 radical (unpaired) electrons. The molecule has 0 spiro atoms. The summed E-state index contributed by atoms with van der Waals surface area (Å²) in [7, 11) is 1.60. The fourth-order valence-electron chi connectivity index (χ4n) is 2.67. The third kappa shape index (κ3) is 2.68. The highest BCUT2D eigenvalue weighted by Crippen LogP contribution is 2.19.